The largest absolute Gasteiger partial charge is 0.507 e. The second-order valence-corrected chi connectivity index (χ2v) is 8.01. The molecule has 6 nitrogen and oxygen atoms in total. The SMILES string of the molecule is Cc1ccc(C(O)=C2C(=O)C(=O)N(CCCn3ccnc3)C2c2cccs2)cc1. The monoisotopic (exact) mass is 407 g/mol. The van der Waals surface area contributed by atoms with Crippen molar-refractivity contribution in [2.24, 2.45) is 0 Å². The molecular formula is C22H21N3O3S. The van der Waals surface area contributed by atoms with E-state index < -0.39 is 17.7 Å². The van der Waals surface area contributed by atoms with Crippen LogP contribution in [0.1, 0.15) is 28.5 Å². The number of nitrogens with zero attached hydrogens (tertiary/aromatic N) is 3. The van der Waals surface area contributed by atoms with Crippen molar-refractivity contribution in [3.8, 4) is 0 Å². The third-order valence-electron chi connectivity index (χ3n) is 5.05. The molecule has 1 saturated heterocycles. The predicted octanol–water partition coefficient (Wildman–Crippen LogP) is 3.77. The highest BCUT2D eigenvalue weighted by molar-refractivity contribution is 7.10. The fourth-order valence-corrected chi connectivity index (χ4v) is 4.41. The Morgan fingerprint density at radius 1 is 1.17 bits per heavy atom. The number of aliphatic hydroxyl groups excluding tert-OH is 1. The third kappa shape index (κ3) is 3.73. The molecule has 148 valence electrons. The number of Topliss-reactive ketones (excluding diaryl/α,β-unsaturated/α-hetero) is 1. The van der Waals surface area contributed by atoms with Crippen molar-refractivity contribution in [1.29, 1.82) is 0 Å². The molecule has 1 aliphatic heterocycles. The minimum atomic E-state index is -0.635. The zero-order valence-corrected chi connectivity index (χ0v) is 16.8. The average molecular weight is 407 g/mol. The first-order chi connectivity index (χ1) is 14.1. The number of aromatic nitrogens is 2. The Kier molecular flexibility index (Phi) is 5.31. The summed E-state index contributed by atoms with van der Waals surface area (Å²) in [5, 5.41) is 12.8. The summed E-state index contributed by atoms with van der Waals surface area (Å²) in [5.41, 5.74) is 1.74. The Hall–Kier alpha value is -3.19. The Balaban J connectivity index is 1.68. The van der Waals surface area contributed by atoms with Gasteiger partial charge in [0.05, 0.1) is 17.9 Å². The Morgan fingerprint density at radius 2 is 1.97 bits per heavy atom. The number of rotatable bonds is 6. The van der Waals surface area contributed by atoms with Gasteiger partial charge in [-0.25, -0.2) is 4.98 Å². The lowest BCUT2D eigenvalue weighted by molar-refractivity contribution is -0.139. The van der Waals surface area contributed by atoms with Crippen molar-refractivity contribution in [1.82, 2.24) is 14.5 Å². The van der Waals surface area contributed by atoms with Crippen LogP contribution in [-0.2, 0) is 16.1 Å². The van der Waals surface area contributed by atoms with Gasteiger partial charge in [0.15, 0.2) is 0 Å². The van der Waals surface area contributed by atoms with Crippen molar-refractivity contribution in [3.63, 3.8) is 0 Å². The zero-order valence-electron chi connectivity index (χ0n) is 16.0. The molecule has 1 aromatic carbocycles. The molecule has 0 spiro atoms. The summed E-state index contributed by atoms with van der Waals surface area (Å²) in [6, 6.07) is 10.5. The van der Waals surface area contributed by atoms with Gasteiger partial charge in [0, 0.05) is 35.9 Å². The third-order valence-corrected chi connectivity index (χ3v) is 5.98. The van der Waals surface area contributed by atoms with Gasteiger partial charge in [-0.2, -0.15) is 0 Å². The summed E-state index contributed by atoms with van der Waals surface area (Å²) in [6.45, 7) is 3.06. The number of hydrogen-bond acceptors (Lipinski definition) is 5. The summed E-state index contributed by atoms with van der Waals surface area (Å²) in [4.78, 5) is 32.2. The van der Waals surface area contributed by atoms with E-state index in [9.17, 15) is 14.7 Å². The van der Waals surface area contributed by atoms with Gasteiger partial charge in [-0.3, -0.25) is 9.59 Å². The molecule has 7 heteroatoms. The molecule has 3 heterocycles. The minimum Gasteiger partial charge on any atom is -0.507 e. The molecular weight excluding hydrogens is 386 g/mol. The molecule has 1 fully saturated rings. The molecule has 3 aromatic rings. The number of imidazole rings is 1. The van der Waals surface area contributed by atoms with Crippen LogP contribution >= 0.6 is 11.3 Å². The van der Waals surface area contributed by atoms with Crippen LogP contribution in [0.15, 0.2) is 66.1 Å². The fourth-order valence-electron chi connectivity index (χ4n) is 3.56. The van der Waals surface area contributed by atoms with Crippen LogP contribution in [0.2, 0.25) is 0 Å². The van der Waals surface area contributed by atoms with Crippen LogP contribution in [0, 0.1) is 6.92 Å². The number of aryl methyl sites for hydroxylation is 2. The summed E-state index contributed by atoms with van der Waals surface area (Å²) >= 11 is 1.47. The zero-order chi connectivity index (χ0) is 20.4. The van der Waals surface area contributed by atoms with Crippen LogP contribution in [0.3, 0.4) is 0 Å². The molecule has 0 aliphatic carbocycles. The lowest BCUT2D eigenvalue weighted by Crippen LogP contribution is -2.31. The van der Waals surface area contributed by atoms with Gasteiger partial charge in [0.25, 0.3) is 11.7 Å². The van der Waals surface area contributed by atoms with Gasteiger partial charge in [0.2, 0.25) is 0 Å². The number of carbonyl (C=O) groups excluding carboxylic acids is 2. The first kappa shape index (κ1) is 19.1. The molecule has 29 heavy (non-hydrogen) atoms. The average Bonchev–Trinajstić information content (AvgIpc) is 3.46. The predicted molar refractivity (Wildman–Crippen MR) is 111 cm³/mol. The lowest BCUT2D eigenvalue weighted by atomic mass is 9.99. The summed E-state index contributed by atoms with van der Waals surface area (Å²) < 4.78 is 1.93. The normalized spacial score (nSPS) is 18.5. The molecule has 1 unspecified atom stereocenters. The van der Waals surface area contributed by atoms with E-state index in [1.807, 2.05) is 47.3 Å². The fraction of sp³-hybridized carbons (Fsp3) is 0.227. The van der Waals surface area contributed by atoms with E-state index in [0.29, 0.717) is 25.1 Å². The van der Waals surface area contributed by atoms with E-state index in [1.54, 1.807) is 29.6 Å². The second kappa shape index (κ2) is 8.05. The van der Waals surface area contributed by atoms with Crippen molar-refractivity contribution < 1.29 is 14.7 Å². The van der Waals surface area contributed by atoms with Gasteiger partial charge >= 0.3 is 0 Å². The number of ketones is 1. The molecule has 1 amide bonds. The van der Waals surface area contributed by atoms with Crippen LogP contribution in [0.5, 0.6) is 0 Å². The lowest BCUT2D eigenvalue weighted by Gasteiger charge is -2.24. The van der Waals surface area contributed by atoms with E-state index in [0.717, 1.165) is 10.4 Å². The van der Waals surface area contributed by atoms with E-state index in [4.69, 9.17) is 0 Å². The summed E-state index contributed by atoms with van der Waals surface area (Å²) in [7, 11) is 0. The molecule has 1 N–H and O–H groups in total. The molecule has 1 aliphatic rings. The van der Waals surface area contributed by atoms with Crippen molar-refractivity contribution >= 4 is 28.8 Å². The highest BCUT2D eigenvalue weighted by Gasteiger charge is 2.46. The molecule has 2 aromatic heterocycles. The standard InChI is InChI=1S/C22H21N3O3S/c1-15-5-7-16(8-6-15)20(26)18-19(17-4-2-13-29-17)25(22(28)21(18)27)11-3-10-24-12-9-23-14-24/h2,4-9,12-14,19,26H,3,10-11H2,1H3. The number of amides is 1. The number of hydrogen-bond donors (Lipinski definition) is 1. The smallest absolute Gasteiger partial charge is 0.295 e. The van der Waals surface area contributed by atoms with Gasteiger partial charge in [-0.05, 0) is 24.8 Å². The summed E-state index contributed by atoms with van der Waals surface area (Å²) in [5.74, 6) is -1.33. The quantitative estimate of drug-likeness (QED) is 0.383. The maximum absolute atomic E-state index is 12.9. The van der Waals surface area contributed by atoms with E-state index in [-0.39, 0.29) is 11.3 Å². The maximum Gasteiger partial charge on any atom is 0.295 e. The second-order valence-electron chi connectivity index (χ2n) is 7.03. The van der Waals surface area contributed by atoms with Gasteiger partial charge in [-0.15, -0.1) is 11.3 Å². The molecule has 0 saturated carbocycles. The van der Waals surface area contributed by atoms with E-state index in [1.165, 1.54) is 11.3 Å². The van der Waals surface area contributed by atoms with Crippen molar-refractivity contribution in [2.75, 3.05) is 6.54 Å². The number of benzene rings is 1. The minimum absolute atomic E-state index is 0.126. The molecule has 0 radical (unpaired) electrons. The highest BCUT2D eigenvalue weighted by atomic mass is 32.1. The number of thiophene rings is 1. The van der Waals surface area contributed by atoms with E-state index in [2.05, 4.69) is 4.98 Å². The Morgan fingerprint density at radius 3 is 2.62 bits per heavy atom. The molecule has 0 bridgehead atoms. The van der Waals surface area contributed by atoms with Crippen molar-refractivity contribution in [2.45, 2.75) is 25.9 Å². The van der Waals surface area contributed by atoms with Gasteiger partial charge < -0.3 is 14.6 Å². The Bertz CT molecular complexity index is 1040. The van der Waals surface area contributed by atoms with E-state index >= 15 is 0 Å². The highest BCUT2D eigenvalue weighted by Crippen LogP contribution is 2.41. The first-order valence-corrected chi connectivity index (χ1v) is 10.3. The maximum atomic E-state index is 12.9. The van der Waals surface area contributed by atoms with Crippen LogP contribution in [0.25, 0.3) is 5.76 Å². The van der Waals surface area contributed by atoms with Crippen LogP contribution in [-0.4, -0.2) is 37.8 Å². The van der Waals surface area contributed by atoms with Crippen molar-refractivity contribution in [3.05, 3.63) is 82.1 Å². The first-order valence-electron chi connectivity index (χ1n) is 9.41. The molecule has 1 atom stereocenters. The topological polar surface area (TPSA) is 75.4 Å². The number of likely N-dealkylation sites (tertiary alicyclic amines) is 1. The molecule has 4 rings (SSSR count). The van der Waals surface area contributed by atoms with Crippen LogP contribution in [0.4, 0.5) is 0 Å². The number of aliphatic hydroxyl groups is 1. The van der Waals surface area contributed by atoms with Gasteiger partial charge in [0.1, 0.15) is 5.76 Å². The summed E-state index contributed by atoms with van der Waals surface area (Å²) in [6.07, 6.45) is 5.97. The Labute approximate surface area is 172 Å². The number of carbonyl (C=O) groups is 2. The van der Waals surface area contributed by atoms with Crippen LogP contribution < -0.4 is 0 Å². The van der Waals surface area contributed by atoms with Gasteiger partial charge in [-0.1, -0.05) is 35.9 Å².